The summed E-state index contributed by atoms with van der Waals surface area (Å²) >= 11 is 5.82. The van der Waals surface area contributed by atoms with Gasteiger partial charge in [0.2, 0.25) is 12.7 Å². The second-order valence-corrected chi connectivity index (χ2v) is 7.20. The molecule has 1 aromatic carbocycles. The Morgan fingerprint density at radius 2 is 1.75 bits per heavy atom. The van der Waals surface area contributed by atoms with E-state index in [1.807, 2.05) is 0 Å². The summed E-state index contributed by atoms with van der Waals surface area (Å²) < 4.78 is 5.25. The zero-order valence-electron chi connectivity index (χ0n) is 16.9. The van der Waals surface area contributed by atoms with E-state index >= 15 is 0 Å². The van der Waals surface area contributed by atoms with Crippen LogP contribution in [0.3, 0.4) is 0 Å². The topological polar surface area (TPSA) is 96.0 Å². The van der Waals surface area contributed by atoms with Crippen molar-refractivity contribution in [2.75, 3.05) is 6.54 Å². The number of halogens is 1. The van der Waals surface area contributed by atoms with Crippen LogP contribution >= 0.6 is 11.6 Å². The summed E-state index contributed by atoms with van der Waals surface area (Å²) in [6.45, 7) is 6.91. The third-order valence-electron chi connectivity index (χ3n) is 3.80. The maximum atomic E-state index is 11.8. The molecular weight excluding hydrogens is 397 g/mol. The van der Waals surface area contributed by atoms with Gasteiger partial charge in [-0.25, -0.2) is 9.90 Å². The first-order valence-electron chi connectivity index (χ1n) is 8.71. The first kappa shape index (κ1) is 26.9. The molecule has 1 unspecified atom stereocenters. The van der Waals surface area contributed by atoms with Gasteiger partial charge in [-0.3, -0.25) is 9.59 Å². The number of benzene rings is 1. The van der Waals surface area contributed by atoms with Crippen LogP contribution in [0.5, 0.6) is 0 Å². The maximum absolute atomic E-state index is 11.8. The second-order valence-electron chi connectivity index (χ2n) is 6.77. The minimum absolute atomic E-state index is 0. The van der Waals surface area contributed by atoms with E-state index in [4.69, 9.17) is 21.2 Å². The Labute approximate surface area is 192 Å². The summed E-state index contributed by atoms with van der Waals surface area (Å²) in [5.74, 6) is -3.21. The zero-order chi connectivity index (χ0) is 20.6. The molecule has 7 nitrogen and oxygen atoms in total. The van der Waals surface area contributed by atoms with Gasteiger partial charge in [-0.05, 0) is 24.1 Å². The number of ether oxygens (including phenoxy) is 1. The molecule has 0 saturated carbocycles. The fourth-order valence-electron chi connectivity index (χ4n) is 2.17. The molecule has 9 heteroatoms. The third-order valence-corrected chi connectivity index (χ3v) is 4.05. The Morgan fingerprint density at radius 3 is 2.18 bits per heavy atom. The van der Waals surface area contributed by atoms with Gasteiger partial charge in [0.05, 0.1) is 5.92 Å². The molecule has 0 heterocycles. The van der Waals surface area contributed by atoms with Crippen LogP contribution in [0, 0.1) is 11.8 Å². The number of carboxylic acid groups (broad SMARTS) is 1. The van der Waals surface area contributed by atoms with E-state index in [1.165, 1.54) is 0 Å². The van der Waals surface area contributed by atoms with Crippen LogP contribution < -0.4 is 34.7 Å². The first-order valence-corrected chi connectivity index (χ1v) is 9.09. The van der Waals surface area contributed by atoms with Crippen molar-refractivity contribution >= 4 is 29.9 Å². The standard InChI is InChI=1S/C19H26ClNO6.Na/c1-12(2)18(25)26-19(13(3)4)27-21(11-22)10-9-16(17(23)24)14-5-7-15(20)8-6-14;/h5-8,11-13,16,19H,9-10H2,1-4H3,(H,23,24);/q;+1/p-1/t16?,19-;/m0./s1. The molecular formula is C19H25ClNNaO6. The fraction of sp³-hybridized carbons (Fsp3) is 0.526. The number of carbonyl (C=O) groups excluding carboxylic acids is 3. The summed E-state index contributed by atoms with van der Waals surface area (Å²) in [6.07, 6.45) is -0.472. The van der Waals surface area contributed by atoms with Crippen LogP contribution in [0.25, 0.3) is 0 Å². The molecule has 0 aliphatic heterocycles. The molecule has 0 N–H and O–H groups in total. The predicted molar refractivity (Wildman–Crippen MR) is 97.2 cm³/mol. The molecule has 28 heavy (non-hydrogen) atoms. The molecule has 1 rings (SSSR count). The van der Waals surface area contributed by atoms with Gasteiger partial charge in [0.15, 0.2) is 0 Å². The summed E-state index contributed by atoms with van der Waals surface area (Å²) in [5.41, 5.74) is 0.511. The van der Waals surface area contributed by atoms with Crippen molar-refractivity contribution in [3.63, 3.8) is 0 Å². The Bertz CT molecular complexity index is 638. The maximum Gasteiger partial charge on any atom is 1.00 e. The minimum Gasteiger partial charge on any atom is -0.549 e. The van der Waals surface area contributed by atoms with Gasteiger partial charge < -0.3 is 14.6 Å². The average Bonchev–Trinajstić information content (AvgIpc) is 2.60. The van der Waals surface area contributed by atoms with Crippen molar-refractivity contribution in [2.24, 2.45) is 11.8 Å². The van der Waals surface area contributed by atoms with Crippen molar-refractivity contribution in [1.82, 2.24) is 5.06 Å². The zero-order valence-corrected chi connectivity index (χ0v) is 19.6. The molecule has 1 amide bonds. The minimum atomic E-state index is -1.27. The van der Waals surface area contributed by atoms with Crippen molar-refractivity contribution < 1.29 is 58.6 Å². The number of rotatable bonds is 11. The largest absolute Gasteiger partial charge is 1.00 e. The molecule has 150 valence electrons. The number of esters is 1. The first-order chi connectivity index (χ1) is 12.6. The van der Waals surface area contributed by atoms with Gasteiger partial charge >= 0.3 is 35.5 Å². The van der Waals surface area contributed by atoms with Gasteiger partial charge in [-0.15, -0.1) is 0 Å². The summed E-state index contributed by atoms with van der Waals surface area (Å²) in [6, 6.07) is 6.36. The number of hydroxylamine groups is 2. The number of carboxylic acids is 1. The molecule has 0 aliphatic rings. The Kier molecular flexibility index (Phi) is 12.6. The Morgan fingerprint density at radius 1 is 1.18 bits per heavy atom. The van der Waals surface area contributed by atoms with Gasteiger partial charge in [0, 0.05) is 29.4 Å². The summed E-state index contributed by atoms with van der Waals surface area (Å²) in [7, 11) is 0. The van der Waals surface area contributed by atoms with Gasteiger partial charge in [0.1, 0.15) is 0 Å². The second kappa shape index (κ2) is 13.2. The van der Waals surface area contributed by atoms with Gasteiger partial charge in [-0.2, -0.15) is 0 Å². The Hall–Kier alpha value is -1.12. The number of nitrogens with zero attached hydrogens (tertiary/aromatic N) is 1. The van der Waals surface area contributed by atoms with Crippen molar-refractivity contribution in [3.05, 3.63) is 34.9 Å². The third kappa shape index (κ3) is 8.92. The van der Waals surface area contributed by atoms with Gasteiger partial charge in [0.25, 0.3) is 0 Å². The van der Waals surface area contributed by atoms with E-state index in [9.17, 15) is 19.5 Å². The van der Waals surface area contributed by atoms with E-state index in [2.05, 4.69) is 0 Å². The van der Waals surface area contributed by atoms with E-state index in [1.54, 1.807) is 52.0 Å². The van der Waals surface area contributed by atoms with Crippen molar-refractivity contribution in [3.8, 4) is 0 Å². The van der Waals surface area contributed by atoms with Crippen LogP contribution in [0.4, 0.5) is 0 Å². The summed E-state index contributed by atoms with van der Waals surface area (Å²) in [5, 5.41) is 12.9. The Balaban J connectivity index is 0.00000729. The normalized spacial score (nSPS) is 12.8. The van der Waals surface area contributed by atoms with E-state index in [0.717, 1.165) is 5.06 Å². The molecule has 0 spiro atoms. The molecule has 0 bridgehead atoms. The van der Waals surface area contributed by atoms with Crippen LogP contribution in [-0.2, 0) is 24.0 Å². The average molecular weight is 422 g/mol. The molecule has 0 radical (unpaired) electrons. The van der Waals surface area contributed by atoms with Crippen LogP contribution in [0.15, 0.2) is 24.3 Å². The van der Waals surface area contributed by atoms with Crippen molar-refractivity contribution in [1.29, 1.82) is 0 Å². The molecule has 0 saturated heterocycles. The molecule has 0 aliphatic carbocycles. The van der Waals surface area contributed by atoms with Crippen LogP contribution in [0.2, 0.25) is 5.02 Å². The monoisotopic (exact) mass is 421 g/mol. The fourth-order valence-corrected chi connectivity index (χ4v) is 2.29. The van der Waals surface area contributed by atoms with Crippen LogP contribution in [-0.4, -0.2) is 36.2 Å². The van der Waals surface area contributed by atoms with E-state index in [-0.39, 0.29) is 54.4 Å². The van der Waals surface area contributed by atoms with Crippen molar-refractivity contribution in [2.45, 2.75) is 46.3 Å². The van der Waals surface area contributed by atoms with Gasteiger partial charge in [-0.1, -0.05) is 51.4 Å². The number of hydrogen-bond acceptors (Lipinski definition) is 6. The number of carbonyl (C=O) groups is 3. The smallest absolute Gasteiger partial charge is 0.549 e. The number of amides is 1. The SMILES string of the molecule is CC(C)C(=O)O[C@@H](ON(C=O)CCC(C(=O)[O-])c1ccc(Cl)cc1)C(C)C.[Na+]. The predicted octanol–water partition coefficient (Wildman–Crippen LogP) is -0.861. The quantitative estimate of drug-likeness (QED) is 0.152. The van der Waals surface area contributed by atoms with E-state index < -0.39 is 24.1 Å². The summed E-state index contributed by atoms with van der Waals surface area (Å²) in [4.78, 5) is 40.0. The van der Waals surface area contributed by atoms with E-state index in [0.29, 0.717) is 17.0 Å². The molecule has 2 atom stereocenters. The molecule has 1 aromatic rings. The number of hydrogen-bond donors (Lipinski definition) is 0. The molecule has 0 aromatic heterocycles. The van der Waals surface area contributed by atoms with Crippen LogP contribution in [0.1, 0.15) is 45.6 Å². The number of aliphatic carboxylic acids is 1. The molecule has 0 fully saturated rings.